The number of aromatic nitrogens is 2. The van der Waals surface area contributed by atoms with E-state index in [-0.39, 0.29) is 17.8 Å². The first-order valence-electron chi connectivity index (χ1n) is 10.2. The van der Waals surface area contributed by atoms with Crippen LogP contribution in [0.25, 0.3) is 5.69 Å². The zero-order chi connectivity index (χ0) is 21.5. The Kier molecular flexibility index (Phi) is 7.64. The fourth-order valence-electron chi connectivity index (χ4n) is 3.52. The van der Waals surface area contributed by atoms with Crippen LogP contribution in [0, 0.1) is 0 Å². The van der Waals surface area contributed by atoms with E-state index in [1.807, 2.05) is 41.1 Å². The molecule has 4 rings (SSSR count). The van der Waals surface area contributed by atoms with Gasteiger partial charge in [-0.05, 0) is 23.8 Å². The first kappa shape index (κ1) is 21.9. The third-order valence-corrected chi connectivity index (χ3v) is 6.23. The molecule has 0 spiro atoms. The number of hydrogen-bond acceptors (Lipinski definition) is 5. The molecule has 2 heterocycles. The largest absolute Gasteiger partial charge is 0.374 e. The fourth-order valence-corrected chi connectivity index (χ4v) is 4.50. The standard InChI is InChI=1S/C23H25ClN4O2S/c24-19-7-4-8-20(13-19)28-10-9-25-23(28)31-17-22(29)26-14-21-16-27(11-12-30-21)15-18-5-2-1-3-6-18/h1-10,13,21H,11-12,14-17H2,(H,26,29)/t21-/m1/s1. The molecule has 0 saturated carbocycles. The van der Waals surface area contributed by atoms with E-state index in [4.69, 9.17) is 16.3 Å². The number of morpholine rings is 1. The summed E-state index contributed by atoms with van der Waals surface area (Å²) in [5.74, 6) is 0.257. The monoisotopic (exact) mass is 456 g/mol. The van der Waals surface area contributed by atoms with Crippen LogP contribution in [0.2, 0.25) is 5.02 Å². The molecule has 1 aliphatic rings. The van der Waals surface area contributed by atoms with E-state index in [0.717, 1.165) is 30.5 Å². The Morgan fingerprint density at radius 2 is 2.10 bits per heavy atom. The molecule has 6 nitrogen and oxygen atoms in total. The molecule has 0 unspecified atom stereocenters. The Bertz CT molecular complexity index is 998. The predicted octanol–water partition coefficient (Wildman–Crippen LogP) is 3.64. The first-order valence-corrected chi connectivity index (χ1v) is 11.6. The quantitative estimate of drug-likeness (QED) is 0.524. The van der Waals surface area contributed by atoms with Crippen molar-refractivity contribution < 1.29 is 9.53 Å². The van der Waals surface area contributed by atoms with Gasteiger partial charge in [0.15, 0.2) is 5.16 Å². The molecule has 1 aromatic heterocycles. The number of benzene rings is 2. The number of ether oxygens (including phenoxy) is 1. The van der Waals surface area contributed by atoms with E-state index in [2.05, 4.69) is 39.5 Å². The molecule has 0 radical (unpaired) electrons. The fraction of sp³-hybridized carbons (Fsp3) is 0.304. The highest BCUT2D eigenvalue weighted by Gasteiger charge is 2.21. The second-order valence-corrected chi connectivity index (χ2v) is 8.74. The molecule has 1 fully saturated rings. The number of amides is 1. The Morgan fingerprint density at radius 1 is 1.23 bits per heavy atom. The molecule has 1 atom stereocenters. The van der Waals surface area contributed by atoms with Crippen LogP contribution in [0.4, 0.5) is 0 Å². The maximum absolute atomic E-state index is 12.4. The summed E-state index contributed by atoms with van der Waals surface area (Å²) < 4.78 is 7.77. The summed E-state index contributed by atoms with van der Waals surface area (Å²) in [6.45, 7) is 3.80. The minimum atomic E-state index is -0.0329. The van der Waals surface area contributed by atoms with Crippen molar-refractivity contribution in [2.24, 2.45) is 0 Å². The van der Waals surface area contributed by atoms with Crippen molar-refractivity contribution in [1.29, 1.82) is 0 Å². The van der Waals surface area contributed by atoms with Crippen LogP contribution in [0.3, 0.4) is 0 Å². The van der Waals surface area contributed by atoms with Gasteiger partial charge in [0, 0.05) is 49.3 Å². The third-order valence-electron chi connectivity index (χ3n) is 5.02. The van der Waals surface area contributed by atoms with Crippen molar-refractivity contribution in [3.8, 4) is 5.69 Å². The summed E-state index contributed by atoms with van der Waals surface area (Å²) >= 11 is 7.49. The van der Waals surface area contributed by atoms with Gasteiger partial charge in [-0.15, -0.1) is 0 Å². The number of carbonyl (C=O) groups excluding carboxylic acids is 1. The molecular weight excluding hydrogens is 432 g/mol. The maximum atomic E-state index is 12.4. The van der Waals surface area contributed by atoms with Gasteiger partial charge in [-0.1, -0.05) is 59.8 Å². The van der Waals surface area contributed by atoms with Crippen LogP contribution in [0.1, 0.15) is 5.56 Å². The van der Waals surface area contributed by atoms with E-state index in [9.17, 15) is 4.79 Å². The Morgan fingerprint density at radius 3 is 2.94 bits per heavy atom. The summed E-state index contributed by atoms with van der Waals surface area (Å²) in [7, 11) is 0. The smallest absolute Gasteiger partial charge is 0.230 e. The van der Waals surface area contributed by atoms with Crippen LogP contribution >= 0.6 is 23.4 Å². The molecule has 8 heteroatoms. The zero-order valence-corrected chi connectivity index (χ0v) is 18.7. The number of nitrogens with one attached hydrogen (secondary N) is 1. The maximum Gasteiger partial charge on any atom is 0.230 e. The van der Waals surface area contributed by atoms with E-state index >= 15 is 0 Å². The normalized spacial score (nSPS) is 16.9. The van der Waals surface area contributed by atoms with Crippen LogP contribution in [0.5, 0.6) is 0 Å². The molecular formula is C23H25ClN4O2S. The van der Waals surface area contributed by atoms with Crippen LogP contribution in [-0.2, 0) is 16.1 Å². The second-order valence-electron chi connectivity index (χ2n) is 7.37. The number of imidazole rings is 1. The molecule has 162 valence electrons. The van der Waals surface area contributed by atoms with Crippen molar-refractivity contribution in [2.75, 3.05) is 32.0 Å². The Labute approximate surface area is 191 Å². The van der Waals surface area contributed by atoms with Crippen molar-refractivity contribution in [1.82, 2.24) is 19.8 Å². The summed E-state index contributed by atoms with van der Waals surface area (Å²) in [5.41, 5.74) is 2.21. The summed E-state index contributed by atoms with van der Waals surface area (Å²) in [6, 6.07) is 18.0. The molecule has 3 aromatic rings. The second kappa shape index (κ2) is 10.8. The molecule has 1 amide bonds. The van der Waals surface area contributed by atoms with Gasteiger partial charge in [-0.3, -0.25) is 14.3 Å². The minimum Gasteiger partial charge on any atom is -0.374 e. The lowest BCUT2D eigenvalue weighted by molar-refractivity contribution is -0.119. The van der Waals surface area contributed by atoms with Gasteiger partial charge >= 0.3 is 0 Å². The SMILES string of the molecule is O=C(CSc1nccn1-c1cccc(Cl)c1)NC[C@@H]1CN(Cc2ccccc2)CCO1. The van der Waals surface area contributed by atoms with E-state index < -0.39 is 0 Å². The van der Waals surface area contributed by atoms with Gasteiger partial charge in [0.2, 0.25) is 5.91 Å². The number of hydrogen-bond donors (Lipinski definition) is 1. The molecule has 1 N–H and O–H groups in total. The molecule has 1 aliphatic heterocycles. The van der Waals surface area contributed by atoms with Gasteiger partial charge in [-0.25, -0.2) is 4.98 Å². The number of carbonyl (C=O) groups is 1. The van der Waals surface area contributed by atoms with Crippen molar-refractivity contribution in [3.63, 3.8) is 0 Å². The van der Waals surface area contributed by atoms with Crippen LogP contribution in [-0.4, -0.2) is 58.5 Å². The van der Waals surface area contributed by atoms with Gasteiger partial charge in [0.25, 0.3) is 0 Å². The number of halogens is 1. The highest BCUT2D eigenvalue weighted by Crippen LogP contribution is 2.22. The topological polar surface area (TPSA) is 59.4 Å². The number of nitrogens with zero attached hydrogens (tertiary/aromatic N) is 3. The lowest BCUT2D eigenvalue weighted by Gasteiger charge is -2.33. The van der Waals surface area contributed by atoms with Crippen molar-refractivity contribution >= 4 is 29.3 Å². The summed E-state index contributed by atoms with van der Waals surface area (Å²) in [5, 5.41) is 4.41. The number of thioether (sulfide) groups is 1. The van der Waals surface area contributed by atoms with Gasteiger partial charge < -0.3 is 10.1 Å². The zero-order valence-electron chi connectivity index (χ0n) is 17.1. The average Bonchev–Trinajstić information content (AvgIpc) is 3.26. The molecule has 1 saturated heterocycles. The van der Waals surface area contributed by atoms with Crippen LogP contribution in [0.15, 0.2) is 72.1 Å². The average molecular weight is 457 g/mol. The Hall–Kier alpha value is -2.32. The van der Waals surface area contributed by atoms with Crippen molar-refractivity contribution in [3.05, 3.63) is 77.6 Å². The third kappa shape index (κ3) is 6.33. The summed E-state index contributed by atoms with van der Waals surface area (Å²) in [4.78, 5) is 19.1. The Balaban J connectivity index is 1.23. The number of rotatable bonds is 8. The molecule has 0 aliphatic carbocycles. The van der Waals surface area contributed by atoms with E-state index in [1.54, 1.807) is 6.20 Å². The van der Waals surface area contributed by atoms with Gasteiger partial charge in [0.1, 0.15) is 0 Å². The van der Waals surface area contributed by atoms with E-state index in [0.29, 0.717) is 18.2 Å². The van der Waals surface area contributed by atoms with Gasteiger partial charge in [0.05, 0.1) is 18.5 Å². The highest BCUT2D eigenvalue weighted by atomic mass is 35.5. The predicted molar refractivity (Wildman–Crippen MR) is 124 cm³/mol. The molecule has 0 bridgehead atoms. The highest BCUT2D eigenvalue weighted by molar-refractivity contribution is 7.99. The molecule has 2 aromatic carbocycles. The van der Waals surface area contributed by atoms with Crippen LogP contribution < -0.4 is 5.32 Å². The lowest BCUT2D eigenvalue weighted by Crippen LogP contribution is -2.47. The minimum absolute atomic E-state index is 0.000130. The van der Waals surface area contributed by atoms with E-state index in [1.165, 1.54) is 17.3 Å². The lowest BCUT2D eigenvalue weighted by atomic mass is 10.2. The molecule has 31 heavy (non-hydrogen) atoms. The first-order chi connectivity index (χ1) is 15.2. The summed E-state index contributed by atoms with van der Waals surface area (Å²) in [6.07, 6.45) is 3.58. The van der Waals surface area contributed by atoms with Gasteiger partial charge in [-0.2, -0.15) is 0 Å². The van der Waals surface area contributed by atoms with Crippen molar-refractivity contribution in [2.45, 2.75) is 17.8 Å².